The first-order chi connectivity index (χ1) is 8.99. The molecule has 2 N–H and O–H groups in total. The standard InChI is InChI=1S/C14H22N2O2S/c1-11(2)4-3-8-16-19(17,18)13-5-6-14-12(10-13)7-9-15-14/h5-6,10-11,15-16H,3-4,7-9H2,1-2H3. The van der Waals surface area contributed by atoms with Crippen molar-refractivity contribution < 1.29 is 8.42 Å². The number of benzene rings is 1. The fourth-order valence-electron chi connectivity index (χ4n) is 2.25. The lowest BCUT2D eigenvalue weighted by Gasteiger charge is -2.09. The van der Waals surface area contributed by atoms with E-state index in [9.17, 15) is 8.42 Å². The minimum absolute atomic E-state index is 0.375. The largest absolute Gasteiger partial charge is 0.384 e. The predicted octanol–water partition coefficient (Wildman–Crippen LogP) is 2.37. The molecule has 0 bridgehead atoms. The third-order valence-electron chi connectivity index (χ3n) is 3.35. The molecule has 19 heavy (non-hydrogen) atoms. The predicted molar refractivity (Wildman–Crippen MR) is 77.9 cm³/mol. The van der Waals surface area contributed by atoms with Gasteiger partial charge in [-0.05, 0) is 48.9 Å². The van der Waals surface area contributed by atoms with Crippen molar-refractivity contribution in [1.82, 2.24) is 4.72 Å². The molecular formula is C14H22N2O2S. The Hall–Kier alpha value is -1.07. The van der Waals surface area contributed by atoms with Gasteiger partial charge < -0.3 is 5.32 Å². The summed E-state index contributed by atoms with van der Waals surface area (Å²) in [7, 11) is -3.36. The van der Waals surface area contributed by atoms with Gasteiger partial charge in [0.1, 0.15) is 0 Å². The summed E-state index contributed by atoms with van der Waals surface area (Å²) >= 11 is 0. The fraction of sp³-hybridized carbons (Fsp3) is 0.571. The van der Waals surface area contributed by atoms with Crippen LogP contribution in [0.2, 0.25) is 0 Å². The Labute approximate surface area is 115 Å². The highest BCUT2D eigenvalue weighted by Crippen LogP contribution is 2.24. The molecule has 1 aliphatic heterocycles. The zero-order valence-corrected chi connectivity index (χ0v) is 12.4. The maximum absolute atomic E-state index is 12.1. The van der Waals surface area contributed by atoms with Crippen LogP contribution in [0.3, 0.4) is 0 Å². The summed E-state index contributed by atoms with van der Waals surface area (Å²) in [4.78, 5) is 0.375. The highest BCUT2D eigenvalue weighted by molar-refractivity contribution is 7.89. The maximum Gasteiger partial charge on any atom is 0.240 e. The lowest BCUT2D eigenvalue weighted by atomic mass is 10.1. The van der Waals surface area contributed by atoms with Crippen LogP contribution >= 0.6 is 0 Å². The van der Waals surface area contributed by atoms with Crippen LogP contribution in [-0.2, 0) is 16.4 Å². The van der Waals surface area contributed by atoms with Crippen molar-refractivity contribution in [2.75, 3.05) is 18.4 Å². The molecule has 0 saturated carbocycles. The minimum atomic E-state index is -3.36. The van der Waals surface area contributed by atoms with E-state index < -0.39 is 10.0 Å². The van der Waals surface area contributed by atoms with Gasteiger partial charge in [0, 0.05) is 18.8 Å². The number of nitrogens with one attached hydrogen (secondary N) is 2. The van der Waals surface area contributed by atoms with Crippen molar-refractivity contribution in [2.24, 2.45) is 5.92 Å². The summed E-state index contributed by atoms with van der Waals surface area (Å²) in [6.07, 6.45) is 2.81. The molecule has 0 fully saturated rings. The maximum atomic E-state index is 12.1. The number of fused-ring (bicyclic) bond motifs is 1. The molecule has 0 saturated heterocycles. The van der Waals surface area contributed by atoms with Gasteiger partial charge in [-0.2, -0.15) is 0 Å². The Kier molecular flexibility index (Phi) is 4.47. The molecule has 0 spiro atoms. The lowest BCUT2D eigenvalue weighted by Crippen LogP contribution is -2.25. The molecule has 0 amide bonds. The van der Waals surface area contributed by atoms with Gasteiger partial charge in [0.15, 0.2) is 0 Å². The summed E-state index contributed by atoms with van der Waals surface area (Å²) in [6, 6.07) is 5.30. The van der Waals surface area contributed by atoms with E-state index in [0.717, 1.165) is 37.1 Å². The van der Waals surface area contributed by atoms with Gasteiger partial charge in [0.2, 0.25) is 10.0 Å². The van der Waals surface area contributed by atoms with Crippen LogP contribution in [-0.4, -0.2) is 21.5 Å². The normalized spacial score (nSPS) is 14.5. The van der Waals surface area contributed by atoms with Gasteiger partial charge in [0.25, 0.3) is 0 Å². The molecule has 4 nitrogen and oxygen atoms in total. The fourth-order valence-corrected chi connectivity index (χ4v) is 3.37. The van der Waals surface area contributed by atoms with E-state index in [1.165, 1.54) is 0 Å². The number of rotatable bonds is 6. The second-order valence-corrected chi connectivity index (χ2v) is 7.20. The van der Waals surface area contributed by atoms with Crippen molar-refractivity contribution in [3.8, 4) is 0 Å². The molecule has 0 unspecified atom stereocenters. The van der Waals surface area contributed by atoms with Gasteiger partial charge in [-0.1, -0.05) is 13.8 Å². The number of hydrogen-bond acceptors (Lipinski definition) is 3. The van der Waals surface area contributed by atoms with Crippen LogP contribution in [0.1, 0.15) is 32.3 Å². The summed E-state index contributed by atoms with van der Waals surface area (Å²) in [5.74, 6) is 0.607. The first-order valence-electron chi connectivity index (χ1n) is 6.85. The van der Waals surface area contributed by atoms with E-state index in [4.69, 9.17) is 0 Å². The highest BCUT2D eigenvalue weighted by atomic mass is 32.2. The SMILES string of the molecule is CC(C)CCCNS(=O)(=O)c1ccc2c(c1)CCN2. The van der Waals surface area contributed by atoms with Crippen molar-refractivity contribution in [3.63, 3.8) is 0 Å². The van der Waals surface area contributed by atoms with Crippen LogP contribution in [0.15, 0.2) is 23.1 Å². The Morgan fingerprint density at radius 1 is 1.37 bits per heavy atom. The molecule has 106 valence electrons. The number of hydrogen-bond donors (Lipinski definition) is 2. The summed E-state index contributed by atoms with van der Waals surface area (Å²) < 4.78 is 27.0. The van der Waals surface area contributed by atoms with E-state index in [1.54, 1.807) is 12.1 Å². The molecule has 0 aliphatic carbocycles. The number of anilines is 1. The van der Waals surface area contributed by atoms with Crippen LogP contribution in [0.4, 0.5) is 5.69 Å². The van der Waals surface area contributed by atoms with Crippen molar-refractivity contribution in [2.45, 2.75) is 38.0 Å². The molecule has 1 aliphatic rings. The minimum Gasteiger partial charge on any atom is -0.384 e. The van der Waals surface area contributed by atoms with Gasteiger partial charge >= 0.3 is 0 Å². The van der Waals surface area contributed by atoms with Crippen molar-refractivity contribution in [1.29, 1.82) is 0 Å². The van der Waals surface area contributed by atoms with E-state index in [0.29, 0.717) is 17.4 Å². The van der Waals surface area contributed by atoms with Gasteiger partial charge in [-0.3, -0.25) is 0 Å². The summed E-state index contributed by atoms with van der Waals surface area (Å²) in [6.45, 7) is 5.68. The molecule has 0 atom stereocenters. The van der Waals surface area contributed by atoms with Crippen molar-refractivity contribution in [3.05, 3.63) is 23.8 Å². The Morgan fingerprint density at radius 2 is 2.16 bits per heavy atom. The van der Waals surface area contributed by atoms with E-state index in [1.807, 2.05) is 6.07 Å². The quantitative estimate of drug-likeness (QED) is 0.788. The monoisotopic (exact) mass is 282 g/mol. The van der Waals surface area contributed by atoms with E-state index >= 15 is 0 Å². The molecule has 1 aromatic carbocycles. The number of sulfonamides is 1. The molecule has 0 radical (unpaired) electrons. The second-order valence-electron chi connectivity index (χ2n) is 5.43. The Morgan fingerprint density at radius 3 is 2.89 bits per heavy atom. The Bertz CT molecular complexity index is 538. The molecule has 5 heteroatoms. The second kappa shape index (κ2) is 5.92. The Balaban J connectivity index is 1.99. The van der Waals surface area contributed by atoms with E-state index in [2.05, 4.69) is 23.9 Å². The van der Waals surface area contributed by atoms with Crippen LogP contribution in [0.25, 0.3) is 0 Å². The van der Waals surface area contributed by atoms with Crippen molar-refractivity contribution >= 4 is 15.7 Å². The lowest BCUT2D eigenvalue weighted by molar-refractivity contribution is 0.540. The zero-order chi connectivity index (χ0) is 13.9. The molecular weight excluding hydrogens is 260 g/mol. The van der Waals surface area contributed by atoms with E-state index in [-0.39, 0.29) is 0 Å². The van der Waals surface area contributed by atoms with Gasteiger partial charge in [-0.15, -0.1) is 0 Å². The topological polar surface area (TPSA) is 58.2 Å². The van der Waals surface area contributed by atoms with Crippen LogP contribution < -0.4 is 10.0 Å². The first-order valence-corrected chi connectivity index (χ1v) is 8.34. The van der Waals surface area contributed by atoms with Gasteiger partial charge in [0.05, 0.1) is 4.90 Å². The third kappa shape index (κ3) is 3.70. The molecule has 0 aromatic heterocycles. The zero-order valence-electron chi connectivity index (χ0n) is 11.6. The van der Waals surface area contributed by atoms with Crippen LogP contribution in [0, 0.1) is 5.92 Å². The molecule has 2 rings (SSSR count). The summed E-state index contributed by atoms with van der Waals surface area (Å²) in [5.41, 5.74) is 2.14. The first kappa shape index (κ1) is 14.3. The average Bonchev–Trinajstić information content (AvgIpc) is 2.81. The summed E-state index contributed by atoms with van der Waals surface area (Å²) in [5, 5.41) is 3.23. The highest BCUT2D eigenvalue weighted by Gasteiger charge is 2.17. The molecule has 1 heterocycles. The third-order valence-corrected chi connectivity index (χ3v) is 4.81. The molecule has 1 aromatic rings. The van der Waals surface area contributed by atoms with Crippen LogP contribution in [0.5, 0.6) is 0 Å². The van der Waals surface area contributed by atoms with Gasteiger partial charge in [-0.25, -0.2) is 13.1 Å². The smallest absolute Gasteiger partial charge is 0.240 e. The average molecular weight is 282 g/mol.